The number of amides is 2. The molecule has 1 saturated heterocycles. The Bertz CT molecular complexity index is 851. The van der Waals surface area contributed by atoms with Crippen LogP contribution in [0.15, 0.2) is 17.5 Å². The van der Waals surface area contributed by atoms with E-state index >= 15 is 0 Å². The van der Waals surface area contributed by atoms with Crippen molar-refractivity contribution >= 4 is 39.5 Å². The lowest BCUT2D eigenvalue weighted by molar-refractivity contribution is 0.0643. The molecule has 1 atom stereocenters. The molecule has 150 valence electrons. The first kappa shape index (κ1) is 19.6. The van der Waals surface area contributed by atoms with Gasteiger partial charge in [0.25, 0.3) is 11.8 Å². The molecule has 5 nitrogen and oxygen atoms in total. The number of piperazine rings is 1. The van der Waals surface area contributed by atoms with E-state index in [4.69, 9.17) is 0 Å². The van der Waals surface area contributed by atoms with E-state index in [2.05, 4.69) is 24.1 Å². The summed E-state index contributed by atoms with van der Waals surface area (Å²) in [7, 11) is 0. The average Bonchev–Trinajstić information content (AvgIpc) is 3.35. The molecule has 0 bridgehead atoms. The van der Waals surface area contributed by atoms with Crippen LogP contribution in [0.2, 0.25) is 0 Å². The minimum absolute atomic E-state index is 0.0873. The van der Waals surface area contributed by atoms with Crippen LogP contribution in [0, 0.1) is 5.92 Å². The van der Waals surface area contributed by atoms with E-state index in [9.17, 15) is 9.59 Å². The highest BCUT2D eigenvalue weighted by Crippen LogP contribution is 2.40. The molecule has 2 amide bonds. The number of hydrogen-bond acceptors (Lipinski definition) is 5. The Morgan fingerprint density at radius 3 is 2.71 bits per heavy atom. The maximum atomic E-state index is 13.5. The van der Waals surface area contributed by atoms with Crippen molar-refractivity contribution in [3.63, 3.8) is 0 Å². The summed E-state index contributed by atoms with van der Waals surface area (Å²) < 4.78 is 0. The molecule has 1 unspecified atom stereocenters. The number of likely N-dealkylation sites (N-methyl/N-ethyl adjacent to an activating group) is 1. The third-order valence-electron chi connectivity index (χ3n) is 5.80. The van der Waals surface area contributed by atoms with Crippen molar-refractivity contribution in [3.05, 3.63) is 38.4 Å². The molecular formula is C21H27N3O2S2. The molecule has 2 aliphatic rings. The summed E-state index contributed by atoms with van der Waals surface area (Å²) in [4.78, 5) is 32.4. The van der Waals surface area contributed by atoms with Gasteiger partial charge in [0.1, 0.15) is 5.00 Å². The van der Waals surface area contributed by atoms with Crippen LogP contribution in [-0.2, 0) is 12.8 Å². The van der Waals surface area contributed by atoms with Gasteiger partial charge in [-0.1, -0.05) is 19.9 Å². The van der Waals surface area contributed by atoms with Crippen LogP contribution in [0.1, 0.15) is 50.7 Å². The molecule has 1 aliphatic carbocycles. The number of thiophene rings is 2. The van der Waals surface area contributed by atoms with E-state index in [1.54, 1.807) is 11.3 Å². The van der Waals surface area contributed by atoms with E-state index in [1.807, 2.05) is 22.4 Å². The Morgan fingerprint density at radius 2 is 2.04 bits per heavy atom. The third kappa shape index (κ3) is 3.88. The summed E-state index contributed by atoms with van der Waals surface area (Å²) in [5.74, 6) is 0.596. The van der Waals surface area contributed by atoms with Gasteiger partial charge in [0.2, 0.25) is 0 Å². The largest absolute Gasteiger partial charge is 0.336 e. The van der Waals surface area contributed by atoms with Gasteiger partial charge in [0.05, 0.1) is 10.4 Å². The average molecular weight is 418 g/mol. The molecule has 28 heavy (non-hydrogen) atoms. The Kier molecular flexibility index (Phi) is 5.85. The van der Waals surface area contributed by atoms with Crippen LogP contribution in [-0.4, -0.2) is 54.3 Å². The lowest BCUT2D eigenvalue weighted by Gasteiger charge is -2.34. The zero-order valence-corrected chi connectivity index (χ0v) is 18.1. The topological polar surface area (TPSA) is 52.6 Å². The molecular weight excluding hydrogens is 390 g/mol. The summed E-state index contributed by atoms with van der Waals surface area (Å²) in [5.41, 5.74) is 1.93. The van der Waals surface area contributed by atoms with E-state index < -0.39 is 0 Å². The predicted octanol–water partition coefficient (Wildman–Crippen LogP) is 3.96. The normalized spacial score (nSPS) is 20.1. The van der Waals surface area contributed by atoms with Crippen LogP contribution in [0.25, 0.3) is 0 Å². The minimum atomic E-state index is -0.119. The molecule has 1 fully saturated rings. The first-order valence-corrected chi connectivity index (χ1v) is 11.8. The molecule has 0 radical (unpaired) electrons. The molecule has 2 aromatic rings. The number of carbonyl (C=O) groups excluding carboxylic acids is 2. The second kappa shape index (κ2) is 8.35. The van der Waals surface area contributed by atoms with Gasteiger partial charge in [-0.05, 0) is 48.7 Å². The van der Waals surface area contributed by atoms with Crippen molar-refractivity contribution in [2.75, 3.05) is 38.0 Å². The van der Waals surface area contributed by atoms with Crippen molar-refractivity contribution in [2.24, 2.45) is 5.92 Å². The monoisotopic (exact) mass is 417 g/mol. The highest BCUT2D eigenvalue weighted by molar-refractivity contribution is 7.17. The number of anilines is 1. The standard InChI is InChI=1S/C21H27N3O2S2/c1-3-23-8-10-24(11-9-23)21(26)18-15-7-6-14(2)13-17(15)28-20(18)22-19(25)16-5-4-12-27-16/h4-5,12,14H,3,6-11,13H2,1-2H3,(H,22,25). The van der Waals surface area contributed by atoms with Gasteiger partial charge in [-0.3, -0.25) is 9.59 Å². The maximum absolute atomic E-state index is 13.5. The van der Waals surface area contributed by atoms with Gasteiger partial charge in [-0.25, -0.2) is 0 Å². The second-order valence-corrected chi connectivity index (χ2v) is 9.77. The zero-order valence-electron chi connectivity index (χ0n) is 16.5. The highest BCUT2D eigenvalue weighted by Gasteiger charge is 2.32. The van der Waals surface area contributed by atoms with Crippen molar-refractivity contribution in [2.45, 2.75) is 33.1 Å². The fourth-order valence-corrected chi connectivity index (χ4v) is 6.08. The summed E-state index contributed by atoms with van der Waals surface area (Å²) >= 11 is 3.03. The number of rotatable bonds is 4. The second-order valence-electron chi connectivity index (χ2n) is 7.71. The van der Waals surface area contributed by atoms with Gasteiger partial charge < -0.3 is 15.1 Å². The molecule has 4 rings (SSSR count). The molecule has 3 heterocycles. The fraction of sp³-hybridized carbons (Fsp3) is 0.524. The van der Waals surface area contributed by atoms with Gasteiger partial charge in [0, 0.05) is 31.1 Å². The van der Waals surface area contributed by atoms with Crippen molar-refractivity contribution in [1.82, 2.24) is 9.80 Å². The Balaban J connectivity index is 1.62. The molecule has 0 spiro atoms. The van der Waals surface area contributed by atoms with Gasteiger partial charge in [0.15, 0.2) is 0 Å². The number of fused-ring (bicyclic) bond motifs is 1. The number of nitrogens with one attached hydrogen (secondary N) is 1. The quantitative estimate of drug-likeness (QED) is 0.819. The summed E-state index contributed by atoms with van der Waals surface area (Å²) in [6.45, 7) is 8.79. The maximum Gasteiger partial charge on any atom is 0.266 e. The fourth-order valence-electron chi connectivity index (χ4n) is 4.06. The summed E-state index contributed by atoms with van der Waals surface area (Å²) in [6.07, 6.45) is 3.03. The lowest BCUT2D eigenvalue weighted by atomic mass is 9.88. The van der Waals surface area contributed by atoms with Gasteiger partial charge in [-0.15, -0.1) is 22.7 Å². The first-order valence-electron chi connectivity index (χ1n) is 10.1. The molecule has 2 aromatic heterocycles. The van der Waals surface area contributed by atoms with E-state index in [0.717, 1.165) is 62.6 Å². The van der Waals surface area contributed by atoms with Crippen LogP contribution in [0.3, 0.4) is 0 Å². The minimum Gasteiger partial charge on any atom is -0.336 e. The van der Waals surface area contributed by atoms with Crippen molar-refractivity contribution in [3.8, 4) is 0 Å². The van der Waals surface area contributed by atoms with E-state index in [1.165, 1.54) is 21.8 Å². The van der Waals surface area contributed by atoms with Crippen LogP contribution in [0.4, 0.5) is 5.00 Å². The van der Waals surface area contributed by atoms with E-state index in [0.29, 0.717) is 10.8 Å². The van der Waals surface area contributed by atoms with Crippen molar-refractivity contribution < 1.29 is 9.59 Å². The van der Waals surface area contributed by atoms with Crippen molar-refractivity contribution in [1.29, 1.82) is 0 Å². The van der Waals surface area contributed by atoms with Gasteiger partial charge >= 0.3 is 0 Å². The smallest absolute Gasteiger partial charge is 0.266 e. The van der Waals surface area contributed by atoms with Crippen LogP contribution in [0.5, 0.6) is 0 Å². The number of nitrogens with zero attached hydrogens (tertiary/aromatic N) is 2. The summed E-state index contributed by atoms with van der Waals surface area (Å²) in [5, 5.41) is 5.69. The molecule has 0 saturated carbocycles. The van der Waals surface area contributed by atoms with Crippen LogP contribution >= 0.6 is 22.7 Å². The highest BCUT2D eigenvalue weighted by atomic mass is 32.1. The Morgan fingerprint density at radius 1 is 1.25 bits per heavy atom. The van der Waals surface area contributed by atoms with Gasteiger partial charge in [-0.2, -0.15) is 0 Å². The molecule has 1 aliphatic heterocycles. The number of hydrogen-bond donors (Lipinski definition) is 1. The van der Waals surface area contributed by atoms with E-state index in [-0.39, 0.29) is 11.8 Å². The zero-order chi connectivity index (χ0) is 19.7. The predicted molar refractivity (Wildman–Crippen MR) is 116 cm³/mol. The Labute approximate surface area is 174 Å². The number of carbonyl (C=O) groups is 2. The molecule has 7 heteroatoms. The lowest BCUT2D eigenvalue weighted by Crippen LogP contribution is -2.48. The van der Waals surface area contributed by atoms with Crippen LogP contribution < -0.4 is 5.32 Å². The SMILES string of the molecule is CCN1CCN(C(=O)c2c(NC(=O)c3cccs3)sc3c2CCC(C)C3)CC1. The first-order chi connectivity index (χ1) is 13.6. The third-order valence-corrected chi connectivity index (χ3v) is 7.84. The molecule has 1 N–H and O–H groups in total. The molecule has 0 aromatic carbocycles. The summed E-state index contributed by atoms with van der Waals surface area (Å²) in [6, 6.07) is 3.70. The Hall–Kier alpha value is -1.70.